The lowest BCUT2D eigenvalue weighted by Crippen LogP contribution is -2.51. The third-order valence-corrected chi connectivity index (χ3v) is 5.01. The van der Waals surface area contributed by atoms with Crippen molar-refractivity contribution in [1.29, 1.82) is 0 Å². The largest absolute Gasteiger partial charge is 0.352 e. The first kappa shape index (κ1) is 22.8. The Kier molecular flexibility index (Phi) is 8.17. The van der Waals surface area contributed by atoms with E-state index >= 15 is 0 Å². The van der Waals surface area contributed by atoms with E-state index in [1.807, 2.05) is 38.9 Å². The van der Waals surface area contributed by atoms with E-state index in [-0.39, 0.29) is 30.2 Å². The van der Waals surface area contributed by atoms with Crippen LogP contribution in [0.15, 0.2) is 48.5 Å². The summed E-state index contributed by atoms with van der Waals surface area (Å²) in [6, 6.07) is 12.1. The summed E-state index contributed by atoms with van der Waals surface area (Å²) < 4.78 is 13.6. The van der Waals surface area contributed by atoms with Crippen LogP contribution in [0.3, 0.4) is 0 Å². The molecule has 2 rings (SSSR count). The number of nitrogens with one attached hydrogen (secondary N) is 2. The molecule has 7 heteroatoms. The zero-order valence-corrected chi connectivity index (χ0v) is 17.8. The number of amides is 2. The number of likely N-dealkylation sites (N-methyl/N-ethyl adjacent to an activating group) is 1. The van der Waals surface area contributed by atoms with E-state index < -0.39 is 11.9 Å². The Hall–Kier alpha value is -2.44. The first-order valence-corrected chi connectivity index (χ1v) is 9.83. The summed E-state index contributed by atoms with van der Waals surface area (Å²) in [6.45, 7) is 3.99. The van der Waals surface area contributed by atoms with Crippen LogP contribution in [0.5, 0.6) is 0 Å². The number of carbonyl (C=O) groups is 2. The predicted molar refractivity (Wildman–Crippen MR) is 113 cm³/mol. The summed E-state index contributed by atoms with van der Waals surface area (Å²) in [5.41, 5.74) is 1.08. The van der Waals surface area contributed by atoms with Gasteiger partial charge in [-0.2, -0.15) is 0 Å². The van der Waals surface area contributed by atoms with Crippen molar-refractivity contribution in [3.05, 3.63) is 70.5 Å². The Morgan fingerprint density at radius 1 is 1.10 bits per heavy atom. The zero-order valence-electron chi connectivity index (χ0n) is 17.1. The molecule has 2 atom stereocenters. The predicted octanol–water partition coefficient (Wildman–Crippen LogP) is 3.65. The summed E-state index contributed by atoms with van der Waals surface area (Å²) >= 11 is 6.08. The lowest BCUT2D eigenvalue weighted by molar-refractivity contribution is -0.124. The molecule has 0 spiro atoms. The molecule has 2 N–H and O–H groups in total. The van der Waals surface area contributed by atoms with Gasteiger partial charge in [-0.25, -0.2) is 4.39 Å². The molecule has 0 aromatic heterocycles. The quantitative estimate of drug-likeness (QED) is 0.686. The first-order chi connectivity index (χ1) is 13.7. The molecule has 0 unspecified atom stereocenters. The highest BCUT2D eigenvalue weighted by molar-refractivity contribution is 6.33. The van der Waals surface area contributed by atoms with Gasteiger partial charge in [-0.1, -0.05) is 49.7 Å². The highest BCUT2D eigenvalue weighted by atomic mass is 35.5. The maximum absolute atomic E-state index is 13.6. The van der Waals surface area contributed by atoms with Crippen LogP contribution in [-0.2, 0) is 4.79 Å². The smallest absolute Gasteiger partial charge is 0.253 e. The van der Waals surface area contributed by atoms with E-state index in [1.165, 1.54) is 12.1 Å². The number of rotatable bonds is 8. The maximum atomic E-state index is 13.6. The summed E-state index contributed by atoms with van der Waals surface area (Å²) in [7, 11) is 3.72. The SMILES string of the molecule is CC(C)[C@H](NC(=O)c1ccccc1Cl)C(=O)NC[C@@H](c1cccc(F)c1)N(C)C. The molecular weight excluding hydrogens is 393 g/mol. The molecule has 2 aromatic rings. The van der Waals surface area contributed by atoms with E-state index in [9.17, 15) is 14.0 Å². The van der Waals surface area contributed by atoms with Crippen LogP contribution in [0, 0.1) is 11.7 Å². The normalized spacial score (nSPS) is 13.2. The number of carbonyl (C=O) groups excluding carboxylic acids is 2. The standard InChI is InChI=1S/C22H27ClFN3O2/c1-14(2)20(26-21(28)17-10-5-6-11-18(17)23)22(29)25-13-19(27(3)4)15-8-7-9-16(24)12-15/h5-12,14,19-20H,13H2,1-4H3,(H,25,29)(H,26,28)/t19-,20-/m0/s1. The van der Waals surface area contributed by atoms with Crippen molar-refractivity contribution in [2.45, 2.75) is 25.9 Å². The zero-order chi connectivity index (χ0) is 21.6. The number of hydrogen-bond donors (Lipinski definition) is 2. The Morgan fingerprint density at radius 2 is 1.79 bits per heavy atom. The van der Waals surface area contributed by atoms with E-state index in [1.54, 1.807) is 30.3 Å². The molecule has 29 heavy (non-hydrogen) atoms. The third kappa shape index (κ3) is 6.27. The molecule has 0 heterocycles. The van der Waals surface area contributed by atoms with Crippen molar-refractivity contribution in [3.63, 3.8) is 0 Å². The minimum absolute atomic E-state index is 0.131. The van der Waals surface area contributed by atoms with Crippen molar-refractivity contribution in [3.8, 4) is 0 Å². The molecule has 0 fully saturated rings. The van der Waals surface area contributed by atoms with Gasteiger partial charge in [0.1, 0.15) is 11.9 Å². The van der Waals surface area contributed by atoms with Gasteiger partial charge in [0.15, 0.2) is 0 Å². The van der Waals surface area contributed by atoms with Crippen molar-refractivity contribution in [2.24, 2.45) is 5.92 Å². The monoisotopic (exact) mass is 419 g/mol. The van der Waals surface area contributed by atoms with E-state index in [2.05, 4.69) is 10.6 Å². The molecule has 156 valence electrons. The van der Waals surface area contributed by atoms with Crippen LogP contribution in [0.2, 0.25) is 5.02 Å². The third-order valence-electron chi connectivity index (χ3n) is 4.68. The molecule has 0 aliphatic heterocycles. The van der Waals surface area contributed by atoms with Crippen LogP contribution < -0.4 is 10.6 Å². The van der Waals surface area contributed by atoms with Gasteiger partial charge in [0.05, 0.1) is 16.6 Å². The number of benzene rings is 2. The number of hydrogen-bond acceptors (Lipinski definition) is 3. The molecule has 0 bridgehead atoms. The average molecular weight is 420 g/mol. The van der Waals surface area contributed by atoms with Crippen LogP contribution in [-0.4, -0.2) is 43.4 Å². The van der Waals surface area contributed by atoms with Gasteiger partial charge in [-0.15, -0.1) is 0 Å². The van der Waals surface area contributed by atoms with E-state index in [0.717, 1.165) is 5.56 Å². The van der Waals surface area contributed by atoms with Crippen LogP contribution in [0.25, 0.3) is 0 Å². The lowest BCUT2D eigenvalue weighted by Gasteiger charge is -2.27. The number of nitrogens with zero attached hydrogens (tertiary/aromatic N) is 1. The van der Waals surface area contributed by atoms with Crippen molar-refractivity contribution < 1.29 is 14.0 Å². The molecule has 2 amide bonds. The Morgan fingerprint density at radius 3 is 2.38 bits per heavy atom. The second-order valence-electron chi connectivity index (χ2n) is 7.45. The van der Waals surface area contributed by atoms with Gasteiger partial charge in [0, 0.05) is 6.54 Å². The van der Waals surface area contributed by atoms with E-state index in [0.29, 0.717) is 10.6 Å². The maximum Gasteiger partial charge on any atom is 0.253 e. The summed E-state index contributed by atoms with van der Waals surface area (Å²) in [4.78, 5) is 27.3. The van der Waals surface area contributed by atoms with Crippen LogP contribution in [0.4, 0.5) is 4.39 Å². The van der Waals surface area contributed by atoms with Crippen molar-refractivity contribution in [2.75, 3.05) is 20.6 Å². The fourth-order valence-electron chi connectivity index (χ4n) is 3.02. The average Bonchev–Trinajstić information content (AvgIpc) is 2.65. The highest BCUT2D eigenvalue weighted by Crippen LogP contribution is 2.19. The van der Waals surface area contributed by atoms with Crippen LogP contribution in [0.1, 0.15) is 35.8 Å². The van der Waals surface area contributed by atoms with E-state index in [4.69, 9.17) is 11.6 Å². The summed E-state index contributed by atoms with van der Waals surface area (Å²) in [6.07, 6.45) is 0. The first-order valence-electron chi connectivity index (χ1n) is 9.45. The fraction of sp³-hybridized carbons (Fsp3) is 0.364. The Bertz CT molecular complexity index is 857. The molecule has 5 nitrogen and oxygen atoms in total. The van der Waals surface area contributed by atoms with Gasteiger partial charge < -0.3 is 15.5 Å². The molecule has 0 saturated carbocycles. The van der Waals surface area contributed by atoms with Crippen molar-refractivity contribution in [1.82, 2.24) is 15.5 Å². The minimum atomic E-state index is -0.728. The highest BCUT2D eigenvalue weighted by Gasteiger charge is 2.26. The molecule has 0 aliphatic carbocycles. The Balaban J connectivity index is 2.08. The van der Waals surface area contributed by atoms with Gasteiger partial charge in [0.2, 0.25) is 5.91 Å². The van der Waals surface area contributed by atoms with Crippen LogP contribution >= 0.6 is 11.6 Å². The molecule has 2 aromatic carbocycles. The molecule has 0 aliphatic rings. The second-order valence-corrected chi connectivity index (χ2v) is 7.86. The molecular formula is C22H27ClFN3O2. The topological polar surface area (TPSA) is 61.4 Å². The molecule has 0 saturated heterocycles. The van der Waals surface area contributed by atoms with Gasteiger partial charge in [-0.05, 0) is 49.8 Å². The van der Waals surface area contributed by atoms with Crippen molar-refractivity contribution >= 4 is 23.4 Å². The fourth-order valence-corrected chi connectivity index (χ4v) is 3.24. The molecule has 0 radical (unpaired) electrons. The summed E-state index contributed by atoms with van der Waals surface area (Å²) in [5.74, 6) is -1.16. The Labute approximate surface area is 176 Å². The lowest BCUT2D eigenvalue weighted by atomic mass is 10.0. The summed E-state index contributed by atoms with van der Waals surface area (Å²) in [5, 5.41) is 5.98. The van der Waals surface area contributed by atoms with Gasteiger partial charge >= 0.3 is 0 Å². The van der Waals surface area contributed by atoms with Gasteiger partial charge in [-0.3, -0.25) is 9.59 Å². The minimum Gasteiger partial charge on any atom is -0.352 e. The van der Waals surface area contributed by atoms with Gasteiger partial charge in [0.25, 0.3) is 5.91 Å². The second kappa shape index (κ2) is 10.4. The number of halogens is 2.